The summed E-state index contributed by atoms with van der Waals surface area (Å²) in [6, 6.07) is 17.3. The van der Waals surface area contributed by atoms with Crippen molar-refractivity contribution in [1.29, 1.82) is 0 Å². The second kappa shape index (κ2) is 5.86. The maximum absolute atomic E-state index is 5.98. The van der Waals surface area contributed by atoms with Gasteiger partial charge in [-0.3, -0.25) is 4.90 Å². The summed E-state index contributed by atoms with van der Waals surface area (Å²) in [7, 11) is 0. The summed E-state index contributed by atoms with van der Waals surface area (Å²) < 4.78 is 0. The number of anilines is 1. The molecule has 1 saturated carbocycles. The Morgan fingerprint density at radius 1 is 1.00 bits per heavy atom. The first-order chi connectivity index (χ1) is 9.72. The lowest BCUT2D eigenvalue weighted by atomic mass is 10.1. The van der Waals surface area contributed by atoms with Gasteiger partial charge in [0.15, 0.2) is 0 Å². The van der Waals surface area contributed by atoms with Crippen LogP contribution < -0.4 is 5.73 Å². The first kappa shape index (κ1) is 13.5. The van der Waals surface area contributed by atoms with Crippen molar-refractivity contribution >= 4 is 17.3 Å². The van der Waals surface area contributed by atoms with Crippen molar-refractivity contribution in [2.45, 2.75) is 32.0 Å². The fourth-order valence-electron chi connectivity index (χ4n) is 2.50. The number of hydrogen-bond donors (Lipinski definition) is 1. The molecule has 2 aromatic rings. The van der Waals surface area contributed by atoms with Gasteiger partial charge in [0.05, 0.1) is 10.7 Å². The number of hydrogen-bond acceptors (Lipinski definition) is 2. The van der Waals surface area contributed by atoms with Crippen LogP contribution in [0.5, 0.6) is 0 Å². The minimum atomic E-state index is 0.634. The van der Waals surface area contributed by atoms with Crippen LogP contribution in [0.25, 0.3) is 0 Å². The van der Waals surface area contributed by atoms with Crippen molar-refractivity contribution in [1.82, 2.24) is 4.90 Å². The van der Waals surface area contributed by atoms with Gasteiger partial charge < -0.3 is 5.73 Å². The fourth-order valence-corrected chi connectivity index (χ4v) is 2.62. The van der Waals surface area contributed by atoms with Crippen molar-refractivity contribution in [2.24, 2.45) is 0 Å². The van der Waals surface area contributed by atoms with Crippen molar-refractivity contribution in [3.05, 3.63) is 64.7 Å². The number of halogens is 1. The summed E-state index contributed by atoms with van der Waals surface area (Å²) in [5, 5.41) is 0.634. The lowest BCUT2D eigenvalue weighted by Gasteiger charge is -2.22. The van der Waals surface area contributed by atoms with Crippen molar-refractivity contribution in [3.63, 3.8) is 0 Å². The van der Waals surface area contributed by atoms with E-state index in [-0.39, 0.29) is 0 Å². The van der Waals surface area contributed by atoms with E-state index in [0.29, 0.717) is 16.8 Å². The highest BCUT2D eigenvalue weighted by atomic mass is 35.5. The van der Waals surface area contributed by atoms with Gasteiger partial charge in [-0.05, 0) is 36.1 Å². The van der Waals surface area contributed by atoms with Crippen LogP contribution in [0.2, 0.25) is 5.02 Å². The third-order valence-electron chi connectivity index (χ3n) is 3.74. The molecule has 2 N–H and O–H groups in total. The predicted octanol–water partition coefficient (Wildman–Crippen LogP) is 4.09. The molecule has 2 nitrogen and oxygen atoms in total. The zero-order valence-electron chi connectivity index (χ0n) is 11.4. The SMILES string of the molecule is Nc1cc(CN(Cc2ccccc2)C2CC2)ccc1Cl. The Hall–Kier alpha value is -1.51. The molecule has 1 aliphatic carbocycles. The summed E-state index contributed by atoms with van der Waals surface area (Å²) in [4.78, 5) is 2.53. The van der Waals surface area contributed by atoms with Crippen LogP contribution in [0.3, 0.4) is 0 Å². The van der Waals surface area contributed by atoms with E-state index in [1.54, 1.807) is 0 Å². The maximum Gasteiger partial charge on any atom is 0.0635 e. The Morgan fingerprint density at radius 3 is 2.35 bits per heavy atom. The largest absolute Gasteiger partial charge is 0.398 e. The van der Waals surface area contributed by atoms with Crippen molar-refractivity contribution in [2.75, 3.05) is 5.73 Å². The molecular formula is C17H19ClN2. The topological polar surface area (TPSA) is 29.3 Å². The molecule has 104 valence electrons. The summed E-state index contributed by atoms with van der Waals surface area (Å²) in [6.45, 7) is 1.93. The molecule has 2 aromatic carbocycles. The lowest BCUT2D eigenvalue weighted by Crippen LogP contribution is -2.25. The molecule has 0 bridgehead atoms. The van der Waals surface area contributed by atoms with Crippen LogP contribution in [0.1, 0.15) is 24.0 Å². The van der Waals surface area contributed by atoms with E-state index in [2.05, 4.69) is 41.3 Å². The monoisotopic (exact) mass is 286 g/mol. The highest BCUT2D eigenvalue weighted by molar-refractivity contribution is 6.33. The van der Waals surface area contributed by atoms with E-state index < -0.39 is 0 Å². The van der Waals surface area contributed by atoms with Crippen LogP contribution in [-0.2, 0) is 13.1 Å². The lowest BCUT2D eigenvalue weighted by molar-refractivity contribution is 0.246. The van der Waals surface area contributed by atoms with Gasteiger partial charge in [-0.2, -0.15) is 0 Å². The zero-order chi connectivity index (χ0) is 13.9. The number of nitrogens with zero attached hydrogens (tertiary/aromatic N) is 1. The number of rotatable bonds is 5. The third-order valence-corrected chi connectivity index (χ3v) is 4.08. The van der Waals surface area contributed by atoms with Gasteiger partial charge in [-0.25, -0.2) is 0 Å². The van der Waals surface area contributed by atoms with Crippen LogP contribution in [0, 0.1) is 0 Å². The molecule has 0 spiro atoms. The molecule has 1 aliphatic rings. The molecule has 1 fully saturated rings. The minimum Gasteiger partial charge on any atom is -0.398 e. The van der Waals surface area contributed by atoms with E-state index in [4.69, 9.17) is 17.3 Å². The first-order valence-corrected chi connectivity index (χ1v) is 7.42. The van der Waals surface area contributed by atoms with Gasteiger partial charge in [0.25, 0.3) is 0 Å². The molecule has 3 rings (SSSR count). The maximum atomic E-state index is 5.98. The van der Waals surface area contributed by atoms with Crippen LogP contribution in [-0.4, -0.2) is 10.9 Å². The van der Waals surface area contributed by atoms with Gasteiger partial charge in [-0.15, -0.1) is 0 Å². The van der Waals surface area contributed by atoms with Gasteiger partial charge in [0, 0.05) is 19.1 Å². The van der Waals surface area contributed by atoms with Crippen molar-refractivity contribution in [3.8, 4) is 0 Å². The highest BCUT2D eigenvalue weighted by Crippen LogP contribution is 2.30. The van der Waals surface area contributed by atoms with E-state index >= 15 is 0 Å². The average Bonchev–Trinajstić information content (AvgIpc) is 3.28. The Labute approximate surface area is 125 Å². The Balaban J connectivity index is 1.72. The Kier molecular flexibility index (Phi) is 3.95. The molecule has 0 atom stereocenters. The van der Waals surface area contributed by atoms with E-state index in [1.807, 2.05) is 12.1 Å². The molecule has 0 aromatic heterocycles. The Bertz CT molecular complexity index is 579. The average molecular weight is 287 g/mol. The minimum absolute atomic E-state index is 0.634. The quantitative estimate of drug-likeness (QED) is 0.839. The smallest absolute Gasteiger partial charge is 0.0635 e. The molecule has 0 radical (unpaired) electrons. The zero-order valence-corrected chi connectivity index (χ0v) is 12.2. The van der Waals surface area contributed by atoms with E-state index in [1.165, 1.54) is 24.0 Å². The fraction of sp³-hybridized carbons (Fsp3) is 0.294. The number of nitrogens with two attached hydrogens (primary N) is 1. The molecule has 0 unspecified atom stereocenters. The predicted molar refractivity (Wildman–Crippen MR) is 84.6 cm³/mol. The third kappa shape index (κ3) is 3.33. The molecule has 0 amide bonds. The second-order valence-corrected chi connectivity index (χ2v) is 5.88. The van der Waals surface area contributed by atoms with Gasteiger partial charge in [-0.1, -0.05) is 48.0 Å². The normalized spacial score (nSPS) is 14.7. The van der Waals surface area contributed by atoms with Crippen LogP contribution in [0.4, 0.5) is 5.69 Å². The van der Waals surface area contributed by atoms with Crippen LogP contribution in [0.15, 0.2) is 48.5 Å². The molecule has 3 heteroatoms. The van der Waals surface area contributed by atoms with Gasteiger partial charge >= 0.3 is 0 Å². The summed E-state index contributed by atoms with van der Waals surface area (Å²) in [6.07, 6.45) is 2.60. The standard InChI is InChI=1S/C17H19ClN2/c18-16-9-6-14(10-17(16)19)12-20(15-7-8-15)11-13-4-2-1-3-5-13/h1-6,9-10,15H,7-8,11-12,19H2. The van der Waals surface area contributed by atoms with E-state index in [9.17, 15) is 0 Å². The number of benzene rings is 2. The summed E-state index contributed by atoms with van der Waals surface area (Å²) >= 11 is 5.98. The molecule has 0 aliphatic heterocycles. The number of nitrogen functional groups attached to an aromatic ring is 1. The molecule has 0 heterocycles. The molecule has 0 saturated heterocycles. The van der Waals surface area contributed by atoms with Gasteiger partial charge in [0.2, 0.25) is 0 Å². The Morgan fingerprint density at radius 2 is 1.70 bits per heavy atom. The highest BCUT2D eigenvalue weighted by Gasteiger charge is 2.28. The van der Waals surface area contributed by atoms with Crippen LogP contribution >= 0.6 is 11.6 Å². The first-order valence-electron chi connectivity index (χ1n) is 7.04. The summed E-state index contributed by atoms with van der Waals surface area (Å²) in [5.41, 5.74) is 9.15. The van der Waals surface area contributed by atoms with E-state index in [0.717, 1.165) is 13.1 Å². The van der Waals surface area contributed by atoms with Crippen molar-refractivity contribution < 1.29 is 0 Å². The van der Waals surface area contributed by atoms with Gasteiger partial charge in [0.1, 0.15) is 0 Å². The second-order valence-electron chi connectivity index (χ2n) is 5.48. The summed E-state index contributed by atoms with van der Waals surface area (Å²) in [5.74, 6) is 0. The molecular weight excluding hydrogens is 268 g/mol. The molecule has 20 heavy (non-hydrogen) atoms.